The molecule has 0 aliphatic heterocycles. The minimum absolute atomic E-state index is 0.176. The topological polar surface area (TPSA) is 43.8 Å². The quantitative estimate of drug-likeness (QED) is 0.780. The Morgan fingerprint density at radius 2 is 2.10 bits per heavy atom. The summed E-state index contributed by atoms with van der Waals surface area (Å²) in [6, 6.07) is 12.7. The van der Waals surface area contributed by atoms with Crippen LogP contribution in [0.25, 0.3) is 11.0 Å². The van der Waals surface area contributed by atoms with E-state index in [1.54, 1.807) is 11.3 Å². The van der Waals surface area contributed by atoms with Crippen molar-refractivity contribution >= 4 is 22.4 Å². The van der Waals surface area contributed by atoms with Gasteiger partial charge < -0.3 is 10.3 Å². The lowest BCUT2D eigenvalue weighted by atomic mass is 10.2. The fourth-order valence-electron chi connectivity index (χ4n) is 2.40. The average Bonchev–Trinajstić information content (AvgIpc) is 3.08. The van der Waals surface area contributed by atoms with E-state index in [-0.39, 0.29) is 6.04 Å². The van der Waals surface area contributed by atoms with Gasteiger partial charge in [-0.05, 0) is 30.0 Å². The molecule has 2 heterocycles. The van der Waals surface area contributed by atoms with E-state index in [0.717, 1.165) is 30.7 Å². The predicted molar refractivity (Wildman–Crippen MR) is 85.1 cm³/mol. The molecule has 0 radical (unpaired) electrons. The Hall–Kier alpha value is -1.65. The summed E-state index contributed by atoms with van der Waals surface area (Å²) in [6.07, 6.45) is 1.85. The van der Waals surface area contributed by atoms with Crippen molar-refractivity contribution in [2.45, 2.75) is 32.4 Å². The molecule has 4 heteroatoms. The zero-order chi connectivity index (χ0) is 13.9. The molecule has 0 bridgehead atoms. The number of fused-ring (bicyclic) bond motifs is 1. The highest BCUT2D eigenvalue weighted by molar-refractivity contribution is 7.09. The van der Waals surface area contributed by atoms with Crippen LogP contribution in [0.4, 0.5) is 0 Å². The van der Waals surface area contributed by atoms with Gasteiger partial charge in [0.1, 0.15) is 5.82 Å². The average molecular weight is 285 g/mol. The van der Waals surface area contributed by atoms with Crippen molar-refractivity contribution in [3.63, 3.8) is 0 Å². The molecule has 0 saturated heterocycles. The van der Waals surface area contributed by atoms with E-state index >= 15 is 0 Å². The number of hydrogen-bond acceptors (Lipinski definition) is 3. The van der Waals surface area contributed by atoms with Crippen LogP contribution in [0.2, 0.25) is 0 Å². The molecule has 20 heavy (non-hydrogen) atoms. The molecule has 0 aliphatic carbocycles. The maximum atomic E-state index is 6.15. The Morgan fingerprint density at radius 1 is 1.25 bits per heavy atom. The second kappa shape index (κ2) is 5.77. The van der Waals surface area contributed by atoms with Gasteiger partial charge >= 0.3 is 0 Å². The number of nitrogens with two attached hydrogens (primary N) is 1. The summed E-state index contributed by atoms with van der Waals surface area (Å²) >= 11 is 1.78. The lowest BCUT2D eigenvalue weighted by Crippen LogP contribution is -2.26. The van der Waals surface area contributed by atoms with E-state index in [9.17, 15) is 0 Å². The number of hydrogen-bond donors (Lipinski definition) is 1. The highest BCUT2D eigenvalue weighted by Crippen LogP contribution is 2.21. The van der Waals surface area contributed by atoms with E-state index in [1.807, 2.05) is 6.07 Å². The van der Waals surface area contributed by atoms with Gasteiger partial charge in [-0.3, -0.25) is 0 Å². The summed E-state index contributed by atoms with van der Waals surface area (Å²) < 4.78 is 2.28. The normalized spacial score (nSPS) is 12.9. The van der Waals surface area contributed by atoms with Gasteiger partial charge in [-0.1, -0.05) is 25.1 Å². The minimum Gasteiger partial charge on any atom is -0.326 e. The number of para-hydroxylation sites is 2. The first-order chi connectivity index (χ1) is 9.78. The van der Waals surface area contributed by atoms with Crippen molar-refractivity contribution in [3.8, 4) is 0 Å². The number of thiophene rings is 1. The molecule has 0 aliphatic rings. The predicted octanol–water partition coefficient (Wildman–Crippen LogP) is 3.43. The number of nitrogens with zero attached hydrogens (tertiary/aromatic N) is 2. The zero-order valence-corrected chi connectivity index (χ0v) is 12.4. The van der Waals surface area contributed by atoms with Gasteiger partial charge in [0.05, 0.1) is 11.0 Å². The van der Waals surface area contributed by atoms with Crippen LogP contribution in [0.1, 0.15) is 24.0 Å². The van der Waals surface area contributed by atoms with E-state index in [4.69, 9.17) is 10.7 Å². The van der Waals surface area contributed by atoms with Gasteiger partial charge in [0.25, 0.3) is 0 Å². The first kappa shape index (κ1) is 13.3. The van der Waals surface area contributed by atoms with Crippen molar-refractivity contribution in [1.82, 2.24) is 9.55 Å². The van der Waals surface area contributed by atoms with E-state index in [1.165, 1.54) is 10.4 Å². The molecule has 3 nitrogen and oxygen atoms in total. The molecular formula is C16H19N3S. The van der Waals surface area contributed by atoms with Crippen LogP contribution < -0.4 is 5.73 Å². The standard InChI is InChI=1S/C16H19N3S/c1-2-12(17)11-19-15-8-4-3-7-14(15)18-16(19)10-13-6-5-9-20-13/h3-9,12H,2,10-11,17H2,1H3. The van der Waals surface area contributed by atoms with Gasteiger partial charge in [0.2, 0.25) is 0 Å². The molecule has 1 unspecified atom stereocenters. The molecule has 0 amide bonds. The number of benzene rings is 1. The molecular weight excluding hydrogens is 266 g/mol. The first-order valence-corrected chi connectivity index (χ1v) is 7.88. The largest absolute Gasteiger partial charge is 0.326 e. The monoisotopic (exact) mass is 285 g/mol. The third-order valence-electron chi connectivity index (χ3n) is 3.59. The molecule has 2 aromatic heterocycles. The lowest BCUT2D eigenvalue weighted by Gasteiger charge is -2.13. The molecule has 2 N–H and O–H groups in total. The highest BCUT2D eigenvalue weighted by atomic mass is 32.1. The Kier molecular flexibility index (Phi) is 3.85. The van der Waals surface area contributed by atoms with Gasteiger partial charge in [0, 0.05) is 23.9 Å². The van der Waals surface area contributed by atoms with Crippen LogP contribution in [0.15, 0.2) is 41.8 Å². The maximum absolute atomic E-state index is 6.15. The van der Waals surface area contributed by atoms with Gasteiger partial charge in [-0.25, -0.2) is 4.98 Å². The summed E-state index contributed by atoms with van der Waals surface area (Å²) in [6.45, 7) is 2.96. The van der Waals surface area contributed by atoms with Crippen LogP contribution in [-0.4, -0.2) is 15.6 Å². The Morgan fingerprint density at radius 3 is 2.85 bits per heavy atom. The van der Waals surface area contributed by atoms with E-state index in [0.29, 0.717) is 0 Å². The second-order valence-electron chi connectivity index (χ2n) is 5.05. The molecule has 0 spiro atoms. The number of imidazole rings is 1. The summed E-state index contributed by atoms with van der Waals surface area (Å²) in [5.74, 6) is 1.11. The van der Waals surface area contributed by atoms with E-state index < -0.39 is 0 Å². The summed E-state index contributed by atoms with van der Waals surface area (Å²) in [7, 11) is 0. The third kappa shape index (κ3) is 2.62. The Balaban J connectivity index is 2.02. The zero-order valence-electron chi connectivity index (χ0n) is 11.6. The molecule has 0 saturated carbocycles. The van der Waals surface area contributed by atoms with Crippen molar-refractivity contribution in [1.29, 1.82) is 0 Å². The van der Waals surface area contributed by atoms with Crippen LogP contribution in [0, 0.1) is 0 Å². The van der Waals surface area contributed by atoms with Crippen molar-refractivity contribution in [3.05, 3.63) is 52.5 Å². The van der Waals surface area contributed by atoms with Crippen molar-refractivity contribution < 1.29 is 0 Å². The lowest BCUT2D eigenvalue weighted by molar-refractivity contribution is 0.536. The molecule has 3 rings (SSSR count). The Labute approximate surface area is 123 Å². The van der Waals surface area contributed by atoms with Gasteiger partial charge in [-0.15, -0.1) is 11.3 Å². The molecule has 1 atom stereocenters. The van der Waals surface area contributed by atoms with E-state index in [2.05, 4.69) is 47.2 Å². The fourth-order valence-corrected chi connectivity index (χ4v) is 3.10. The molecule has 104 valence electrons. The summed E-state index contributed by atoms with van der Waals surface area (Å²) in [5.41, 5.74) is 8.39. The van der Waals surface area contributed by atoms with Gasteiger partial charge in [-0.2, -0.15) is 0 Å². The number of rotatable bonds is 5. The minimum atomic E-state index is 0.176. The van der Waals surface area contributed by atoms with Crippen LogP contribution in [0.3, 0.4) is 0 Å². The second-order valence-corrected chi connectivity index (χ2v) is 6.08. The number of aromatic nitrogens is 2. The van der Waals surface area contributed by atoms with Gasteiger partial charge in [0.15, 0.2) is 0 Å². The summed E-state index contributed by atoms with van der Waals surface area (Å²) in [4.78, 5) is 6.13. The van der Waals surface area contributed by atoms with Crippen LogP contribution >= 0.6 is 11.3 Å². The van der Waals surface area contributed by atoms with Crippen molar-refractivity contribution in [2.75, 3.05) is 0 Å². The fraction of sp³-hybridized carbons (Fsp3) is 0.312. The first-order valence-electron chi connectivity index (χ1n) is 7.00. The molecule has 3 aromatic rings. The van der Waals surface area contributed by atoms with Crippen LogP contribution in [0.5, 0.6) is 0 Å². The Bertz CT molecular complexity index is 685. The maximum Gasteiger partial charge on any atom is 0.115 e. The molecule has 0 fully saturated rings. The summed E-state index contributed by atoms with van der Waals surface area (Å²) in [5, 5.41) is 2.11. The third-order valence-corrected chi connectivity index (χ3v) is 4.46. The highest BCUT2D eigenvalue weighted by Gasteiger charge is 2.13. The van der Waals surface area contributed by atoms with Crippen LogP contribution in [-0.2, 0) is 13.0 Å². The smallest absolute Gasteiger partial charge is 0.115 e. The van der Waals surface area contributed by atoms with Crippen molar-refractivity contribution in [2.24, 2.45) is 5.73 Å². The SMILES string of the molecule is CCC(N)Cn1c(Cc2cccs2)nc2ccccc21. The molecule has 1 aromatic carbocycles.